The van der Waals surface area contributed by atoms with Gasteiger partial charge in [0.05, 0.1) is 11.4 Å². The summed E-state index contributed by atoms with van der Waals surface area (Å²) in [4.78, 5) is 4.35. The number of aromatic nitrogens is 3. The van der Waals surface area contributed by atoms with Crippen LogP contribution in [-0.2, 0) is 0 Å². The average Bonchev–Trinajstić information content (AvgIpc) is 2.83. The molecule has 0 aliphatic heterocycles. The van der Waals surface area contributed by atoms with E-state index in [2.05, 4.69) is 28.3 Å². The molecule has 0 saturated carbocycles. The first kappa shape index (κ1) is 10.7. The van der Waals surface area contributed by atoms with E-state index < -0.39 is 0 Å². The molecule has 0 bridgehead atoms. The van der Waals surface area contributed by atoms with Crippen LogP contribution in [-0.4, -0.2) is 14.8 Å². The average molecular weight is 235 g/mol. The number of rotatable bonds is 2. The Balaban J connectivity index is 2.17. The smallest absolute Gasteiger partial charge is 0.153 e. The summed E-state index contributed by atoms with van der Waals surface area (Å²) in [5, 5.41) is 4.51. The minimum Gasteiger partial charge on any atom is -0.237 e. The van der Waals surface area contributed by atoms with Crippen molar-refractivity contribution in [3.05, 3.63) is 66.5 Å². The lowest BCUT2D eigenvalue weighted by Gasteiger charge is -2.05. The minimum atomic E-state index is 0.837. The van der Waals surface area contributed by atoms with Crippen molar-refractivity contribution in [2.45, 2.75) is 6.92 Å². The lowest BCUT2D eigenvalue weighted by molar-refractivity contribution is 0.839. The van der Waals surface area contributed by atoms with Gasteiger partial charge in [-0.3, -0.25) is 0 Å². The van der Waals surface area contributed by atoms with Gasteiger partial charge >= 0.3 is 0 Å². The topological polar surface area (TPSA) is 30.7 Å². The van der Waals surface area contributed by atoms with Gasteiger partial charge in [-0.15, -0.1) is 0 Å². The van der Waals surface area contributed by atoms with Gasteiger partial charge in [0, 0.05) is 11.8 Å². The highest BCUT2D eigenvalue weighted by atomic mass is 15.3. The van der Waals surface area contributed by atoms with E-state index in [1.165, 1.54) is 0 Å². The normalized spacial score (nSPS) is 10.5. The number of hydrogen-bond donors (Lipinski definition) is 0. The van der Waals surface area contributed by atoms with E-state index in [4.69, 9.17) is 0 Å². The first-order valence-electron chi connectivity index (χ1n) is 5.88. The number of hydrogen-bond acceptors (Lipinski definition) is 2. The van der Waals surface area contributed by atoms with Crippen molar-refractivity contribution in [2.75, 3.05) is 0 Å². The molecule has 0 aliphatic carbocycles. The van der Waals surface area contributed by atoms with Crippen LogP contribution in [0.25, 0.3) is 17.1 Å². The molecular weight excluding hydrogens is 222 g/mol. The Hall–Kier alpha value is -2.42. The third-order valence-electron chi connectivity index (χ3n) is 2.77. The van der Waals surface area contributed by atoms with E-state index >= 15 is 0 Å². The van der Waals surface area contributed by atoms with Gasteiger partial charge in [0.1, 0.15) is 0 Å². The van der Waals surface area contributed by atoms with Crippen LogP contribution in [0.1, 0.15) is 5.69 Å². The molecule has 2 aromatic heterocycles. The molecule has 3 heteroatoms. The van der Waals surface area contributed by atoms with E-state index in [9.17, 15) is 0 Å². The van der Waals surface area contributed by atoms with Crippen LogP contribution < -0.4 is 0 Å². The van der Waals surface area contributed by atoms with Crippen LogP contribution in [0.15, 0.2) is 60.8 Å². The highest BCUT2D eigenvalue weighted by Gasteiger charge is 2.09. The minimum absolute atomic E-state index is 0.837. The summed E-state index contributed by atoms with van der Waals surface area (Å²) in [5.74, 6) is 0.837. The third kappa shape index (κ3) is 1.91. The molecule has 0 N–H and O–H groups in total. The van der Waals surface area contributed by atoms with Gasteiger partial charge in [-0.25, -0.2) is 9.67 Å². The molecule has 0 radical (unpaired) electrons. The molecule has 0 unspecified atom stereocenters. The molecule has 0 spiro atoms. The Morgan fingerprint density at radius 3 is 2.44 bits per heavy atom. The number of aryl methyl sites for hydroxylation is 1. The summed E-state index contributed by atoms with van der Waals surface area (Å²) >= 11 is 0. The van der Waals surface area contributed by atoms with Crippen LogP contribution in [0.4, 0.5) is 0 Å². The van der Waals surface area contributed by atoms with Crippen LogP contribution in [0, 0.1) is 6.92 Å². The van der Waals surface area contributed by atoms with Crippen LogP contribution >= 0.6 is 0 Å². The lowest BCUT2D eigenvalue weighted by atomic mass is 10.1. The van der Waals surface area contributed by atoms with Crippen molar-refractivity contribution in [1.29, 1.82) is 0 Å². The molecule has 88 valence electrons. The lowest BCUT2D eigenvalue weighted by Crippen LogP contribution is -2.01. The number of benzene rings is 1. The zero-order chi connectivity index (χ0) is 12.4. The van der Waals surface area contributed by atoms with Gasteiger partial charge in [0.25, 0.3) is 0 Å². The van der Waals surface area contributed by atoms with E-state index in [-0.39, 0.29) is 0 Å². The standard InChI is InChI=1S/C15H13N3/c1-12-11-14(13-7-3-2-4-8-13)18(17-12)15-9-5-6-10-16-15/h2-11H,1H3. The molecule has 0 amide bonds. The second-order valence-electron chi connectivity index (χ2n) is 4.14. The second kappa shape index (κ2) is 4.45. The number of pyridine rings is 1. The number of nitrogens with zero attached hydrogens (tertiary/aromatic N) is 3. The molecule has 3 aromatic rings. The summed E-state index contributed by atoms with van der Waals surface area (Å²) < 4.78 is 1.88. The molecule has 1 aromatic carbocycles. The van der Waals surface area contributed by atoms with Gasteiger partial charge in [0.15, 0.2) is 5.82 Å². The Kier molecular flexibility index (Phi) is 2.65. The zero-order valence-electron chi connectivity index (χ0n) is 10.1. The van der Waals surface area contributed by atoms with E-state index in [0.717, 1.165) is 22.8 Å². The van der Waals surface area contributed by atoms with Gasteiger partial charge < -0.3 is 0 Å². The quantitative estimate of drug-likeness (QED) is 0.682. The van der Waals surface area contributed by atoms with Gasteiger partial charge in [-0.1, -0.05) is 36.4 Å². The predicted octanol–water partition coefficient (Wildman–Crippen LogP) is 3.24. The molecule has 0 saturated heterocycles. The fourth-order valence-electron chi connectivity index (χ4n) is 1.97. The van der Waals surface area contributed by atoms with Crippen LogP contribution in [0.3, 0.4) is 0 Å². The molecule has 18 heavy (non-hydrogen) atoms. The van der Waals surface area contributed by atoms with Crippen molar-refractivity contribution in [3.63, 3.8) is 0 Å². The maximum Gasteiger partial charge on any atom is 0.153 e. The van der Waals surface area contributed by atoms with E-state index in [1.54, 1.807) is 6.20 Å². The highest BCUT2D eigenvalue weighted by Crippen LogP contribution is 2.22. The maximum absolute atomic E-state index is 4.51. The molecule has 3 nitrogen and oxygen atoms in total. The largest absolute Gasteiger partial charge is 0.237 e. The van der Waals surface area contributed by atoms with E-state index in [1.807, 2.05) is 48.0 Å². The van der Waals surface area contributed by atoms with Crippen LogP contribution in [0.2, 0.25) is 0 Å². The molecular formula is C15H13N3. The van der Waals surface area contributed by atoms with Crippen LogP contribution in [0.5, 0.6) is 0 Å². The fraction of sp³-hybridized carbons (Fsp3) is 0.0667. The highest BCUT2D eigenvalue weighted by molar-refractivity contribution is 5.61. The summed E-state index contributed by atoms with van der Waals surface area (Å²) in [6.45, 7) is 1.99. The van der Waals surface area contributed by atoms with E-state index in [0.29, 0.717) is 0 Å². The van der Waals surface area contributed by atoms with Crippen molar-refractivity contribution >= 4 is 0 Å². The first-order valence-corrected chi connectivity index (χ1v) is 5.88. The molecule has 3 rings (SSSR count). The fourth-order valence-corrected chi connectivity index (χ4v) is 1.97. The van der Waals surface area contributed by atoms with Crippen molar-refractivity contribution in [1.82, 2.24) is 14.8 Å². The Labute approximate surface area is 106 Å². The molecule has 0 atom stereocenters. The second-order valence-corrected chi connectivity index (χ2v) is 4.14. The van der Waals surface area contributed by atoms with Gasteiger partial charge in [-0.05, 0) is 25.1 Å². The third-order valence-corrected chi connectivity index (χ3v) is 2.77. The Morgan fingerprint density at radius 1 is 0.944 bits per heavy atom. The summed E-state index contributed by atoms with van der Waals surface area (Å²) in [5.41, 5.74) is 3.19. The Bertz CT molecular complexity index is 585. The van der Waals surface area contributed by atoms with Gasteiger partial charge in [-0.2, -0.15) is 5.10 Å². The predicted molar refractivity (Wildman–Crippen MR) is 71.5 cm³/mol. The molecule has 0 fully saturated rings. The van der Waals surface area contributed by atoms with Crippen molar-refractivity contribution < 1.29 is 0 Å². The summed E-state index contributed by atoms with van der Waals surface area (Å²) in [6.07, 6.45) is 1.78. The van der Waals surface area contributed by atoms with Gasteiger partial charge in [0.2, 0.25) is 0 Å². The molecule has 2 heterocycles. The maximum atomic E-state index is 4.51. The summed E-state index contributed by atoms with van der Waals surface area (Å²) in [6, 6.07) is 18.1. The summed E-state index contributed by atoms with van der Waals surface area (Å²) in [7, 11) is 0. The first-order chi connectivity index (χ1) is 8.84. The van der Waals surface area contributed by atoms with Crippen molar-refractivity contribution in [2.24, 2.45) is 0 Å². The molecule has 0 aliphatic rings. The Morgan fingerprint density at radius 2 is 1.72 bits per heavy atom. The monoisotopic (exact) mass is 235 g/mol. The van der Waals surface area contributed by atoms with Crippen molar-refractivity contribution in [3.8, 4) is 17.1 Å². The zero-order valence-corrected chi connectivity index (χ0v) is 10.1. The SMILES string of the molecule is Cc1cc(-c2ccccc2)n(-c2ccccn2)n1.